The Morgan fingerprint density at radius 1 is 1.32 bits per heavy atom. The van der Waals surface area contributed by atoms with Crippen LogP contribution in [-0.2, 0) is 0 Å². The van der Waals surface area contributed by atoms with Crippen molar-refractivity contribution in [1.82, 2.24) is 0 Å². The summed E-state index contributed by atoms with van der Waals surface area (Å²) >= 11 is 0. The third-order valence-electron chi connectivity index (χ3n) is 2.89. The summed E-state index contributed by atoms with van der Waals surface area (Å²) in [6, 6.07) is 5.39. The molecule has 0 bridgehead atoms. The van der Waals surface area contributed by atoms with Crippen LogP contribution in [0.15, 0.2) is 23.9 Å². The summed E-state index contributed by atoms with van der Waals surface area (Å²) in [6.45, 7) is 4.84. The highest BCUT2D eigenvalue weighted by Gasteiger charge is 2.17. The maximum absolute atomic E-state index is 11.0. The zero-order valence-corrected chi connectivity index (χ0v) is 11.1. The summed E-state index contributed by atoms with van der Waals surface area (Å²) in [7, 11) is 0. The second kappa shape index (κ2) is 5.73. The number of hydrogen-bond donors (Lipinski definition) is 0. The molecule has 102 valence electrons. The molecule has 0 radical (unpaired) electrons. The van der Waals surface area contributed by atoms with Crippen molar-refractivity contribution < 1.29 is 14.4 Å². The Morgan fingerprint density at radius 3 is 2.63 bits per heavy atom. The third kappa shape index (κ3) is 3.24. The molecule has 1 aromatic carbocycles. The van der Waals surface area contributed by atoms with Crippen molar-refractivity contribution in [2.24, 2.45) is 5.92 Å². The van der Waals surface area contributed by atoms with Crippen LogP contribution in [0.25, 0.3) is 6.08 Å². The molecule has 0 saturated heterocycles. The highest BCUT2D eigenvalue weighted by molar-refractivity contribution is 5.57. The van der Waals surface area contributed by atoms with Crippen LogP contribution in [0.1, 0.15) is 25.8 Å². The number of ether oxygens (including phenoxy) is 2. The van der Waals surface area contributed by atoms with Gasteiger partial charge in [0.25, 0.3) is 0 Å². The maximum atomic E-state index is 11.0. The van der Waals surface area contributed by atoms with Crippen molar-refractivity contribution in [2.45, 2.75) is 20.3 Å². The Morgan fingerprint density at radius 2 is 2.00 bits per heavy atom. The number of rotatable bonds is 3. The first kappa shape index (κ1) is 13.4. The molecular weight excluding hydrogens is 246 g/mol. The fourth-order valence-corrected chi connectivity index (χ4v) is 1.87. The summed E-state index contributed by atoms with van der Waals surface area (Å²) in [5, 5.41) is 11.0. The van der Waals surface area contributed by atoms with Gasteiger partial charge in [0.2, 0.25) is 5.70 Å². The summed E-state index contributed by atoms with van der Waals surface area (Å²) in [6.07, 6.45) is 2.42. The van der Waals surface area contributed by atoms with Crippen LogP contribution in [0.4, 0.5) is 0 Å². The van der Waals surface area contributed by atoms with Crippen molar-refractivity contribution in [3.8, 4) is 11.5 Å². The molecule has 1 aliphatic rings. The molecule has 0 spiro atoms. The SMILES string of the molecule is CC(C)/C(=C/c1ccc2c(c1)OCCCO2)[N+](=O)[O-]. The highest BCUT2D eigenvalue weighted by Crippen LogP contribution is 2.31. The summed E-state index contributed by atoms with van der Waals surface area (Å²) < 4.78 is 11.1. The number of fused-ring (bicyclic) bond motifs is 1. The van der Waals surface area contributed by atoms with Crippen LogP contribution in [0, 0.1) is 16.0 Å². The molecule has 5 nitrogen and oxygen atoms in total. The van der Waals surface area contributed by atoms with Gasteiger partial charge in [-0.05, 0) is 17.7 Å². The molecule has 1 aromatic rings. The van der Waals surface area contributed by atoms with E-state index in [4.69, 9.17) is 9.47 Å². The molecule has 0 amide bonds. The molecule has 2 rings (SSSR count). The number of allylic oxidation sites excluding steroid dienone is 1. The maximum Gasteiger partial charge on any atom is 0.249 e. The lowest BCUT2D eigenvalue weighted by atomic mass is 10.1. The van der Waals surface area contributed by atoms with Crippen LogP contribution in [0.3, 0.4) is 0 Å². The van der Waals surface area contributed by atoms with Gasteiger partial charge in [0.15, 0.2) is 11.5 Å². The second-order valence-electron chi connectivity index (χ2n) is 4.74. The molecule has 0 aliphatic carbocycles. The van der Waals surface area contributed by atoms with Crippen molar-refractivity contribution in [3.63, 3.8) is 0 Å². The van der Waals surface area contributed by atoms with Gasteiger partial charge in [-0.3, -0.25) is 10.1 Å². The summed E-state index contributed by atoms with van der Waals surface area (Å²) in [4.78, 5) is 10.6. The van der Waals surface area contributed by atoms with Gasteiger partial charge in [0, 0.05) is 18.4 Å². The molecule has 0 unspecified atom stereocenters. The lowest BCUT2D eigenvalue weighted by Crippen LogP contribution is -2.05. The molecular formula is C14H17NO4. The molecule has 5 heteroatoms. The van der Waals surface area contributed by atoms with Gasteiger partial charge in [0.05, 0.1) is 18.1 Å². The van der Waals surface area contributed by atoms with Gasteiger partial charge in [-0.25, -0.2) is 0 Å². The fourth-order valence-electron chi connectivity index (χ4n) is 1.87. The smallest absolute Gasteiger partial charge is 0.249 e. The third-order valence-corrected chi connectivity index (χ3v) is 2.89. The molecule has 0 saturated carbocycles. The zero-order valence-electron chi connectivity index (χ0n) is 11.1. The molecule has 1 aliphatic heterocycles. The van der Waals surface area contributed by atoms with Crippen molar-refractivity contribution >= 4 is 6.08 Å². The number of hydrogen-bond acceptors (Lipinski definition) is 4. The van der Waals surface area contributed by atoms with Crippen molar-refractivity contribution in [2.75, 3.05) is 13.2 Å². The standard InChI is InChI=1S/C14H17NO4/c1-10(2)12(15(16)17)8-11-4-5-13-14(9-11)19-7-3-6-18-13/h4-5,8-10H,3,6-7H2,1-2H3/b12-8-. The van der Waals surface area contributed by atoms with E-state index in [0.29, 0.717) is 24.7 Å². The Bertz CT molecular complexity index is 508. The first-order valence-electron chi connectivity index (χ1n) is 6.33. The molecule has 0 fully saturated rings. The van der Waals surface area contributed by atoms with Crippen molar-refractivity contribution in [1.29, 1.82) is 0 Å². The van der Waals surface area contributed by atoms with Crippen molar-refractivity contribution in [3.05, 3.63) is 39.6 Å². The fraction of sp³-hybridized carbons (Fsp3) is 0.429. The van der Waals surface area contributed by atoms with Crippen LogP contribution >= 0.6 is 0 Å². The largest absolute Gasteiger partial charge is 0.490 e. The van der Waals surface area contributed by atoms with Crippen LogP contribution in [-0.4, -0.2) is 18.1 Å². The first-order chi connectivity index (χ1) is 9.08. The quantitative estimate of drug-likeness (QED) is 0.621. The van der Waals surface area contributed by atoms with E-state index >= 15 is 0 Å². The lowest BCUT2D eigenvalue weighted by Gasteiger charge is -2.08. The first-order valence-corrected chi connectivity index (χ1v) is 6.33. The van der Waals surface area contributed by atoms with E-state index in [1.807, 2.05) is 0 Å². The summed E-state index contributed by atoms with van der Waals surface area (Å²) in [5.74, 6) is 1.21. The minimum atomic E-state index is -0.340. The molecule has 0 atom stereocenters. The van der Waals surface area contributed by atoms with E-state index in [0.717, 1.165) is 12.0 Å². The lowest BCUT2D eigenvalue weighted by molar-refractivity contribution is -0.431. The predicted octanol–water partition coefficient (Wildman–Crippen LogP) is 3.12. The average molecular weight is 263 g/mol. The van der Waals surface area contributed by atoms with E-state index in [1.165, 1.54) is 0 Å². The Hall–Kier alpha value is -2.04. The van der Waals surface area contributed by atoms with Crippen LogP contribution in [0.2, 0.25) is 0 Å². The Labute approximate surface area is 112 Å². The van der Waals surface area contributed by atoms with Gasteiger partial charge in [0.1, 0.15) is 0 Å². The number of nitrogens with zero attached hydrogens (tertiary/aromatic N) is 1. The summed E-state index contributed by atoms with van der Waals surface area (Å²) in [5.41, 5.74) is 0.944. The normalized spacial score (nSPS) is 15.2. The molecule has 19 heavy (non-hydrogen) atoms. The number of benzene rings is 1. The zero-order chi connectivity index (χ0) is 13.8. The highest BCUT2D eigenvalue weighted by atomic mass is 16.6. The Kier molecular flexibility index (Phi) is 4.04. The van der Waals surface area contributed by atoms with Crippen LogP contribution in [0.5, 0.6) is 11.5 Å². The minimum Gasteiger partial charge on any atom is -0.490 e. The van der Waals surface area contributed by atoms with E-state index in [1.54, 1.807) is 38.1 Å². The topological polar surface area (TPSA) is 61.6 Å². The van der Waals surface area contributed by atoms with E-state index in [2.05, 4.69) is 0 Å². The number of nitro groups is 1. The molecule has 0 N–H and O–H groups in total. The van der Waals surface area contributed by atoms with Gasteiger partial charge < -0.3 is 9.47 Å². The van der Waals surface area contributed by atoms with Gasteiger partial charge in [-0.15, -0.1) is 0 Å². The van der Waals surface area contributed by atoms with E-state index < -0.39 is 0 Å². The second-order valence-corrected chi connectivity index (χ2v) is 4.74. The van der Waals surface area contributed by atoms with Gasteiger partial charge >= 0.3 is 0 Å². The van der Waals surface area contributed by atoms with Crippen LogP contribution < -0.4 is 9.47 Å². The van der Waals surface area contributed by atoms with Gasteiger partial charge in [-0.1, -0.05) is 19.9 Å². The Balaban J connectivity index is 2.33. The van der Waals surface area contributed by atoms with E-state index in [-0.39, 0.29) is 16.5 Å². The van der Waals surface area contributed by atoms with E-state index in [9.17, 15) is 10.1 Å². The van der Waals surface area contributed by atoms with Gasteiger partial charge in [-0.2, -0.15) is 0 Å². The minimum absolute atomic E-state index is 0.133. The molecule has 0 aromatic heterocycles. The molecule has 1 heterocycles. The monoisotopic (exact) mass is 263 g/mol. The average Bonchev–Trinajstić information content (AvgIpc) is 2.59. The predicted molar refractivity (Wildman–Crippen MR) is 71.9 cm³/mol.